The molecule has 1 aliphatic heterocycles. The van der Waals surface area contributed by atoms with Gasteiger partial charge in [-0.25, -0.2) is 0 Å². The Kier molecular flexibility index (Phi) is 5.40. The summed E-state index contributed by atoms with van der Waals surface area (Å²) in [5, 5.41) is 6.40. The van der Waals surface area contributed by atoms with Gasteiger partial charge in [0.1, 0.15) is 0 Å². The second-order valence-corrected chi connectivity index (χ2v) is 6.51. The first-order valence-electron chi connectivity index (χ1n) is 8.42. The highest BCUT2D eigenvalue weighted by atomic mass is 16.1. The minimum atomic E-state index is 0.142. The lowest BCUT2D eigenvalue weighted by Gasteiger charge is -2.32. The second-order valence-electron chi connectivity index (χ2n) is 6.51. The lowest BCUT2D eigenvalue weighted by atomic mass is 10.0. The summed E-state index contributed by atoms with van der Waals surface area (Å²) in [5.74, 6) is 0.964. The van der Waals surface area contributed by atoms with Gasteiger partial charge >= 0.3 is 0 Å². The van der Waals surface area contributed by atoms with Crippen molar-refractivity contribution in [1.29, 1.82) is 0 Å². The zero-order chi connectivity index (χ0) is 15.2. The number of carbonyl (C=O) groups excluding carboxylic acids is 1. The molecule has 2 heterocycles. The molecule has 0 radical (unpaired) electrons. The highest BCUT2D eigenvalue weighted by molar-refractivity contribution is 5.78. The number of carbonyl (C=O) groups is 1. The van der Waals surface area contributed by atoms with Crippen molar-refractivity contribution >= 4 is 5.91 Å². The molecule has 120 valence electrons. The molecular formula is C17H26N4O. The summed E-state index contributed by atoms with van der Waals surface area (Å²) in [5.41, 5.74) is 1.12. The standard InChI is InChI=1S/C17H26N4O/c22-17(12-18-11-14-4-5-14)20-15-6-9-21(10-7-15)13-16-3-1-2-8-19-16/h1-3,8,14-15,18H,4-7,9-13H2,(H,20,22). The van der Waals surface area contributed by atoms with E-state index in [1.165, 1.54) is 12.8 Å². The van der Waals surface area contributed by atoms with Gasteiger partial charge in [0.15, 0.2) is 0 Å². The number of aromatic nitrogens is 1. The number of piperidine rings is 1. The molecule has 2 aliphatic rings. The Balaban J connectivity index is 1.31. The number of pyridine rings is 1. The van der Waals surface area contributed by atoms with Crippen LogP contribution in [0.15, 0.2) is 24.4 Å². The van der Waals surface area contributed by atoms with Crippen molar-refractivity contribution in [2.24, 2.45) is 5.92 Å². The van der Waals surface area contributed by atoms with E-state index < -0.39 is 0 Å². The Hall–Kier alpha value is -1.46. The van der Waals surface area contributed by atoms with Gasteiger partial charge in [-0.15, -0.1) is 0 Å². The Morgan fingerprint density at radius 1 is 1.23 bits per heavy atom. The number of rotatable bonds is 7. The molecule has 0 bridgehead atoms. The van der Waals surface area contributed by atoms with E-state index in [1.54, 1.807) is 0 Å². The van der Waals surface area contributed by atoms with Crippen molar-refractivity contribution in [2.75, 3.05) is 26.2 Å². The van der Waals surface area contributed by atoms with Crippen molar-refractivity contribution < 1.29 is 4.79 Å². The highest BCUT2D eigenvalue weighted by Crippen LogP contribution is 2.27. The monoisotopic (exact) mass is 302 g/mol. The van der Waals surface area contributed by atoms with Crippen LogP contribution in [-0.4, -0.2) is 48.0 Å². The van der Waals surface area contributed by atoms with Crippen molar-refractivity contribution in [2.45, 2.75) is 38.3 Å². The molecule has 5 heteroatoms. The van der Waals surface area contributed by atoms with Crippen molar-refractivity contribution in [3.05, 3.63) is 30.1 Å². The molecule has 1 saturated carbocycles. The molecule has 1 aromatic heterocycles. The average Bonchev–Trinajstić information content (AvgIpc) is 3.35. The lowest BCUT2D eigenvalue weighted by Crippen LogP contribution is -2.46. The predicted molar refractivity (Wildman–Crippen MR) is 86.3 cm³/mol. The molecule has 1 aromatic rings. The Morgan fingerprint density at radius 3 is 2.73 bits per heavy atom. The maximum atomic E-state index is 11.9. The third-order valence-electron chi connectivity index (χ3n) is 4.48. The summed E-state index contributed by atoms with van der Waals surface area (Å²) < 4.78 is 0. The smallest absolute Gasteiger partial charge is 0.234 e. The fraction of sp³-hybridized carbons (Fsp3) is 0.647. The normalized spacial score (nSPS) is 20.0. The van der Waals surface area contributed by atoms with Gasteiger partial charge in [-0.05, 0) is 50.3 Å². The van der Waals surface area contributed by atoms with Crippen LogP contribution in [0.4, 0.5) is 0 Å². The minimum absolute atomic E-state index is 0.142. The van der Waals surface area contributed by atoms with Crippen LogP contribution in [0.2, 0.25) is 0 Å². The van der Waals surface area contributed by atoms with E-state index in [0.29, 0.717) is 12.6 Å². The SMILES string of the molecule is O=C(CNCC1CC1)NC1CCN(Cc2ccccn2)CC1. The molecule has 2 N–H and O–H groups in total. The summed E-state index contributed by atoms with van der Waals surface area (Å²) >= 11 is 0. The highest BCUT2D eigenvalue weighted by Gasteiger charge is 2.22. The summed E-state index contributed by atoms with van der Waals surface area (Å²) in [6.07, 6.45) is 6.55. The Labute approximate surface area is 132 Å². The molecule has 0 atom stereocenters. The number of nitrogens with one attached hydrogen (secondary N) is 2. The molecular weight excluding hydrogens is 276 g/mol. The Bertz CT molecular complexity index is 467. The van der Waals surface area contributed by atoms with Gasteiger partial charge in [0.05, 0.1) is 12.2 Å². The van der Waals surface area contributed by atoms with Crippen molar-refractivity contribution in [1.82, 2.24) is 20.5 Å². The fourth-order valence-electron chi connectivity index (χ4n) is 2.95. The van der Waals surface area contributed by atoms with Gasteiger partial charge < -0.3 is 10.6 Å². The second kappa shape index (κ2) is 7.70. The zero-order valence-corrected chi connectivity index (χ0v) is 13.1. The quantitative estimate of drug-likeness (QED) is 0.794. The van der Waals surface area contributed by atoms with E-state index in [2.05, 4.69) is 26.6 Å². The van der Waals surface area contributed by atoms with E-state index in [9.17, 15) is 4.79 Å². The van der Waals surface area contributed by atoms with E-state index in [0.717, 1.165) is 50.6 Å². The van der Waals surface area contributed by atoms with E-state index in [-0.39, 0.29) is 5.91 Å². The largest absolute Gasteiger partial charge is 0.352 e. The molecule has 3 rings (SSSR count). The van der Waals surface area contributed by atoms with Crippen LogP contribution in [0.3, 0.4) is 0 Å². The molecule has 2 fully saturated rings. The van der Waals surface area contributed by atoms with Crippen LogP contribution in [0.1, 0.15) is 31.4 Å². The molecule has 0 aromatic carbocycles. The first-order valence-corrected chi connectivity index (χ1v) is 8.42. The molecule has 1 aliphatic carbocycles. The van der Waals surface area contributed by atoms with Crippen LogP contribution in [0.5, 0.6) is 0 Å². The van der Waals surface area contributed by atoms with Crippen LogP contribution in [0, 0.1) is 5.92 Å². The maximum Gasteiger partial charge on any atom is 0.234 e. The summed E-state index contributed by atoms with van der Waals surface area (Å²) in [6, 6.07) is 6.38. The van der Waals surface area contributed by atoms with Gasteiger partial charge in [-0.2, -0.15) is 0 Å². The molecule has 1 saturated heterocycles. The van der Waals surface area contributed by atoms with Crippen LogP contribution < -0.4 is 10.6 Å². The molecule has 0 spiro atoms. The molecule has 1 amide bonds. The molecule has 22 heavy (non-hydrogen) atoms. The van der Waals surface area contributed by atoms with E-state index in [1.807, 2.05) is 18.3 Å². The summed E-state index contributed by atoms with van der Waals surface area (Å²) in [4.78, 5) is 18.7. The van der Waals surface area contributed by atoms with Gasteiger partial charge in [0.25, 0.3) is 0 Å². The molecule has 5 nitrogen and oxygen atoms in total. The first kappa shape index (κ1) is 15.4. The molecule has 0 unspecified atom stereocenters. The third kappa shape index (κ3) is 5.07. The van der Waals surface area contributed by atoms with Gasteiger partial charge in [-0.3, -0.25) is 14.7 Å². The Morgan fingerprint density at radius 2 is 2.05 bits per heavy atom. The van der Waals surface area contributed by atoms with Crippen LogP contribution >= 0.6 is 0 Å². The van der Waals surface area contributed by atoms with E-state index in [4.69, 9.17) is 0 Å². The number of hydrogen-bond donors (Lipinski definition) is 2. The van der Waals surface area contributed by atoms with Gasteiger partial charge in [0, 0.05) is 31.9 Å². The minimum Gasteiger partial charge on any atom is -0.352 e. The van der Waals surface area contributed by atoms with Crippen molar-refractivity contribution in [3.8, 4) is 0 Å². The van der Waals surface area contributed by atoms with Crippen LogP contribution in [-0.2, 0) is 11.3 Å². The van der Waals surface area contributed by atoms with E-state index >= 15 is 0 Å². The first-order chi connectivity index (χ1) is 10.8. The summed E-state index contributed by atoms with van der Waals surface area (Å²) in [6.45, 7) is 4.42. The fourth-order valence-corrected chi connectivity index (χ4v) is 2.95. The zero-order valence-electron chi connectivity index (χ0n) is 13.1. The number of amides is 1. The van der Waals surface area contributed by atoms with Gasteiger partial charge in [0.2, 0.25) is 5.91 Å². The van der Waals surface area contributed by atoms with Crippen LogP contribution in [0.25, 0.3) is 0 Å². The number of likely N-dealkylation sites (tertiary alicyclic amines) is 1. The van der Waals surface area contributed by atoms with Gasteiger partial charge in [-0.1, -0.05) is 6.07 Å². The topological polar surface area (TPSA) is 57.3 Å². The lowest BCUT2D eigenvalue weighted by molar-refractivity contribution is -0.121. The summed E-state index contributed by atoms with van der Waals surface area (Å²) in [7, 11) is 0. The third-order valence-corrected chi connectivity index (χ3v) is 4.48. The number of nitrogens with zero attached hydrogens (tertiary/aromatic N) is 2. The average molecular weight is 302 g/mol. The number of hydrogen-bond acceptors (Lipinski definition) is 4. The predicted octanol–water partition coefficient (Wildman–Crippen LogP) is 1.16. The maximum absolute atomic E-state index is 11.9. The van der Waals surface area contributed by atoms with Crippen molar-refractivity contribution in [3.63, 3.8) is 0 Å².